The molecule has 0 fully saturated rings. The van der Waals surface area contributed by atoms with Gasteiger partial charge in [0.25, 0.3) is 0 Å². The van der Waals surface area contributed by atoms with Crippen molar-refractivity contribution in [2.45, 2.75) is 6.04 Å². The average molecular weight is 212 g/mol. The first-order chi connectivity index (χ1) is 5.93. The van der Waals surface area contributed by atoms with Gasteiger partial charge in [-0.15, -0.1) is 0 Å². The van der Waals surface area contributed by atoms with E-state index in [-0.39, 0.29) is 6.54 Å². The van der Waals surface area contributed by atoms with E-state index in [0.29, 0.717) is 0 Å². The summed E-state index contributed by atoms with van der Waals surface area (Å²) in [5.74, 6) is -1.65. The molecule has 0 aliphatic carbocycles. The van der Waals surface area contributed by atoms with Gasteiger partial charge >= 0.3 is 16.1 Å². The highest BCUT2D eigenvalue weighted by atomic mass is 32.2. The Morgan fingerprint density at radius 1 is 1.54 bits per heavy atom. The summed E-state index contributed by atoms with van der Waals surface area (Å²) in [5, 5.41) is 8.39. The maximum absolute atomic E-state index is 10.8. The Morgan fingerprint density at radius 2 is 2.08 bits per heavy atom. The average Bonchev–Trinajstić information content (AvgIpc) is 2.01. The topological polar surface area (TPSA) is 133 Å². The number of hydrogen-bond donors (Lipinski definition) is 3. The molecule has 0 spiro atoms. The van der Waals surface area contributed by atoms with Gasteiger partial charge in [0, 0.05) is 6.54 Å². The molecule has 13 heavy (non-hydrogen) atoms. The first-order valence-corrected chi connectivity index (χ1v) is 5.03. The molecule has 0 rings (SSSR count). The molecule has 0 aliphatic heterocycles. The predicted molar refractivity (Wildman–Crippen MR) is 44.0 cm³/mol. The van der Waals surface area contributed by atoms with E-state index in [1.54, 1.807) is 0 Å². The lowest BCUT2D eigenvalue weighted by atomic mass is 10.3. The zero-order valence-electron chi connectivity index (χ0n) is 6.84. The van der Waals surface area contributed by atoms with Gasteiger partial charge in [-0.3, -0.25) is 0 Å². The Morgan fingerprint density at radius 3 is 2.46 bits per heavy atom. The Labute approximate surface area is 75.8 Å². The quantitative estimate of drug-likeness (QED) is 0.417. The maximum Gasteiger partial charge on any atom is 0.341 e. The third kappa shape index (κ3) is 4.78. The molecule has 1 atom stereocenters. The summed E-state index contributed by atoms with van der Waals surface area (Å²) >= 11 is 0. The van der Waals surface area contributed by atoms with Gasteiger partial charge in [-0.25, -0.2) is 4.79 Å². The van der Waals surface area contributed by atoms with Crippen LogP contribution in [0.1, 0.15) is 0 Å². The predicted octanol–water partition coefficient (Wildman–Crippen LogP) is -2.86. The molecule has 8 heteroatoms. The molecule has 5 N–H and O–H groups in total. The molecule has 0 heterocycles. The van der Waals surface area contributed by atoms with Crippen LogP contribution in [0.5, 0.6) is 0 Å². The van der Waals surface area contributed by atoms with Gasteiger partial charge in [0.05, 0.1) is 12.4 Å². The second-order valence-electron chi connectivity index (χ2n) is 2.24. The van der Waals surface area contributed by atoms with Gasteiger partial charge in [0.2, 0.25) is 0 Å². The normalized spacial score (nSPS) is 13.8. The van der Waals surface area contributed by atoms with Crippen molar-refractivity contribution in [2.75, 3.05) is 18.9 Å². The summed E-state index contributed by atoms with van der Waals surface area (Å²) in [5.41, 5.74) is 9.95. The number of rotatable bonds is 5. The third-order valence-electron chi connectivity index (χ3n) is 1.08. The third-order valence-corrected chi connectivity index (χ3v) is 2.23. The van der Waals surface area contributed by atoms with Crippen LogP contribution in [0, 0.1) is 0 Å². The molecule has 0 bridgehead atoms. The van der Waals surface area contributed by atoms with E-state index in [2.05, 4.69) is 4.18 Å². The van der Waals surface area contributed by atoms with Crippen molar-refractivity contribution in [1.29, 1.82) is 0 Å². The molecular weight excluding hydrogens is 200 g/mol. The fourth-order valence-corrected chi connectivity index (χ4v) is 1.19. The van der Waals surface area contributed by atoms with Gasteiger partial charge in [-0.1, -0.05) is 0 Å². The fraction of sp³-hybridized carbons (Fsp3) is 0.800. The molecule has 0 unspecified atom stereocenters. The van der Waals surface area contributed by atoms with Crippen molar-refractivity contribution in [3.8, 4) is 0 Å². The summed E-state index contributed by atoms with van der Waals surface area (Å²) in [6.45, 7) is -0.818. The Kier molecular flexibility index (Phi) is 4.85. The zero-order chi connectivity index (χ0) is 10.5. The second-order valence-corrected chi connectivity index (χ2v) is 3.93. The van der Waals surface area contributed by atoms with Crippen LogP contribution in [-0.4, -0.2) is 44.4 Å². The standard InChI is InChI=1S/C5H12N2O5S/c6-1-2-13(10,11)12-5(9)4(7)3-8/h4,8H,1-3,6-7H2/t4-/m0/s1. The second kappa shape index (κ2) is 5.12. The molecule has 0 aromatic carbocycles. The van der Waals surface area contributed by atoms with Crippen molar-refractivity contribution in [1.82, 2.24) is 0 Å². The minimum absolute atomic E-state index is 0.149. The van der Waals surface area contributed by atoms with E-state index in [1.807, 2.05) is 0 Å². The van der Waals surface area contributed by atoms with E-state index >= 15 is 0 Å². The van der Waals surface area contributed by atoms with E-state index in [0.717, 1.165) is 0 Å². The van der Waals surface area contributed by atoms with E-state index < -0.39 is 34.5 Å². The van der Waals surface area contributed by atoms with Crippen LogP contribution in [0.25, 0.3) is 0 Å². The molecule has 0 aromatic heterocycles. The van der Waals surface area contributed by atoms with Crippen molar-refractivity contribution in [3.63, 3.8) is 0 Å². The van der Waals surface area contributed by atoms with Crippen LogP contribution in [0.2, 0.25) is 0 Å². The summed E-state index contributed by atoms with van der Waals surface area (Å²) in [7, 11) is -3.95. The number of aliphatic hydroxyl groups is 1. The largest absolute Gasteiger partial charge is 0.394 e. The zero-order valence-corrected chi connectivity index (χ0v) is 7.66. The van der Waals surface area contributed by atoms with Gasteiger partial charge in [-0.2, -0.15) is 8.42 Å². The summed E-state index contributed by atoms with van der Waals surface area (Å²) in [6, 6.07) is -1.34. The molecule has 0 radical (unpaired) electrons. The molecule has 78 valence electrons. The minimum Gasteiger partial charge on any atom is -0.394 e. The Balaban J connectivity index is 4.20. The van der Waals surface area contributed by atoms with Crippen molar-refractivity contribution in [3.05, 3.63) is 0 Å². The van der Waals surface area contributed by atoms with Crippen molar-refractivity contribution in [2.24, 2.45) is 11.5 Å². The van der Waals surface area contributed by atoms with Crippen LogP contribution in [0.15, 0.2) is 0 Å². The van der Waals surface area contributed by atoms with E-state index in [1.165, 1.54) is 0 Å². The molecule has 0 aromatic rings. The van der Waals surface area contributed by atoms with Crippen LogP contribution in [0.3, 0.4) is 0 Å². The number of hydrogen-bond acceptors (Lipinski definition) is 7. The molecule has 0 aliphatic rings. The van der Waals surface area contributed by atoms with Crippen LogP contribution in [-0.2, 0) is 19.1 Å². The van der Waals surface area contributed by atoms with Gasteiger partial charge < -0.3 is 20.8 Å². The van der Waals surface area contributed by atoms with Crippen molar-refractivity contribution >= 4 is 16.1 Å². The SMILES string of the molecule is NCCS(=O)(=O)OC(=O)[C@@H](N)CO. The number of carbonyl (C=O) groups excluding carboxylic acids is 1. The number of nitrogens with two attached hydrogens (primary N) is 2. The lowest BCUT2D eigenvalue weighted by Gasteiger charge is -2.07. The molecule has 0 saturated carbocycles. The fourth-order valence-electron chi connectivity index (χ4n) is 0.447. The minimum atomic E-state index is -3.95. The summed E-state index contributed by atoms with van der Waals surface area (Å²) in [6.07, 6.45) is 0. The first-order valence-electron chi connectivity index (χ1n) is 3.45. The summed E-state index contributed by atoms with van der Waals surface area (Å²) < 4.78 is 25.6. The van der Waals surface area contributed by atoms with Crippen molar-refractivity contribution < 1.29 is 22.5 Å². The van der Waals surface area contributed by atoms with Gasteiger partial charge in [0.15, 0.2) is 0 Å². The van der Waals surface area contributed by atoms with E-state index in [9.17, 15) is 13.2 Å². The monoisotopic (exact) mass is 212 g/mol. The van der Waals surface area contributed by atoms with Crippen LogP contribution in [0.4, 0.5) is 0 Å². The van der Waals surface area contributed by atoms with Gasteiger partial charge in [-0.05, 0) is 0 Å². The molecule has 0 saturated heterocycles. The van der Waals surface area contributed by atoms with Crippen LogP contribution >= 0.6 is 0 Å². The summed E-state index contributed by atoms with van der Waals surface area (Å²) in [4.78, 5) is 10.7. The number of aliphatic hydroxyl groups excluding tert-OH is 1. The van der Waals surface area contributed by atoms with E-state index in [4.69, 9.17) is 16.6 Å². The maximum atomic E-state index is 10.8. The highest BCUT2D eigenvalue weighted by Crippen LogP contribution is 1.95. The lowest BCUT2D eigenvalue weighted by Crippen LogP contribution is -2.37. The van der Waals surface area contributed by atoms with Crippen LogP contribution < -0.4 is 11.5 Å². The smallest absolute Gasteiger partial charge is 0.341 e. The molecule has 0 amide bonds. The lowest BCUT2D eigenvalue weighted by molar-refractivity contribution is -0.136. The highest BCUT2D eigenvalue weighted by Gasteiger charge is 2.21. The Bertz CT molecular complexity index is 262. The first kappa shape index (κ1) is 12.3. The number of carbonyl (C=O) groups is 1. The van der Waals surface area contributed by atoms with Gasteiger partial charge in [0.1, 0.15) is 6.04 Å². The molecular formula is C5H12N2O5S. The molecule has 7 nitrogen and oxygen atoms in total. The highest BCUT2D eigenvalue weighted by molar-refractivity contribution is 7.87. The Hall–Kier alpha value is -0.700.